The van der Waals surface area contributed by atoms with Crippen molar-refractivity contribution in [3.05, 3.63) is 82.4 Å². The number of fused-ring (bicyclic) bond motifs is 2. The molecule has 0 atom stereocenters. The molecule has 43 heavy (non-hydrogen) atoms. The van der Waals surface area contributed by atoms with Crippen LogP contribution >= 0.6 is 22.9 Å². The Bertz CT molecular complexity index is 1910. The molecule has 228 valence electrons. The smallest absolute Gasteiger partial charge is 0.374 e. The summed E-state index contributed by atoms with van der Waals surface area (Å²) in [4.78, 5) is 2.84. The van der Waals surface area contributed by atoms with Crippen molar-refractivity contribution in [3.63, 3.8) is 0 Å². The fourth-order valence-electron chi connectivity index (χ4n) is 4.81. The Morgan fingerprint density at radius 3 is 2.51 bits per heavy atom. The summed E-state index contributed by atoms with van der Waals surface area (Å²) < 4.78 is 81.8. The molecular weight excluding hydrogens is 636 g/mol. The first kappa shape index (κ1) is 31.2. The van der Waals surface area contributed by atoms with Gasteiger partial charge in [0.05, 0.1) is 32.0 Å². The minimum Gasteiger partial charge on any atom is -0.748 e. The molecule has 0 spiro atoms. The van der Waals surface area contributed by atoms with E-state index >= 15 is 0 Å². The first-order valence-corrected chi connectivity index (χ1v) is 17.9. The van der Waals surface area contributed by atoms with Crippen LogP contribution in [-0.2, 0) is 26.8 Å². The lowest BCUT2D eigenvalue weighted by molar-refractivity contribution is -0.677. The Hall–Kier alpha value is -3.20. The molecule has 14 heteroatoms. The van der Waals surface area contributed by atoms with Crippen molar-refractivity contribution in [1.29, 1.82) is 0 Å². The summed E-state index contributed by atoms with van der Waals surface area (Å²) in [5.41, 5.74) is 3.77. The second kappa shape index (κ2) is 12.8. The third-order valence-electron chi connectivity index (χ3n) is 6.81. The Balaban J connectivity index is 1.53. The largest absolute Gasteiger partial charge is 0.748 e. The number of benzene rings is 2. The first-order chi connectivity index (χ1) is 20.4. The van der Waals surface area contributed by atoms with Gasteiger partial charge in [-0.2, -0.15) is 4.57 Å². The molecule has 0 saturated heterocycles. The number of rotatable bonds is 12. The van der Waals surface area contributed by atoms with Crippen LogP contribution in [0.1, 0.15) is 32.1 Å². The van der Waals surface area contributed by atoms with Gasteiger partial charge in [-0.15, -0.1) is 11.3 Å². The monoisotopic (exact) mass is 663 g/mol. The predicted octanol–water partition coefficient (Wildman–Crippen LogP) is 5.51. The Morgan fingerprint density at radius 2 is 1.81 bits per heavy atom. The molecule has 4 aromatic rings. The molecular formula is C29H28ClN2O8S3-. The summed E-state index contributed by atoms with van der Waals surface area (Å²) in [6.07, 6.45) is 4.37. The van der Waals surface area contributed by atoms with Gasteiger partial charge < -0.3 is 23.2 Å². The zero-order valence-corrected chi connectivity index (χ0v) is 26.3. The van der Waals surface area contributed by atoms with E-state index < -0.39 is 31.7 Å². The minimum atomic E-state index is -4.39. The van der Waals surface area contributed by atoms with Crippen molar-refractivity contribution in [2.45, 2.75) is 32.7 Å². The van der Waals surface area contributed by atoms with Crippen LogP contribution in [0, 0.1) is 0 Å². The van der Waals surface area contributed by atoms with Crippen LogP contribution in [0.25, 0.3) is 27.6 Å². The van der Waals surface area contributed by atoms with Gasteiger partial charge >= 0.3 is 5.89 Å². The van der Waals surface area contributed by atoms with Crippen LogP contribution in [0.4, 0.5) is 5.69 Å². The van der Waals surface area contributed by atoms with E-state index in [1.165, 1.54) is 0 Å². The average molecular weight is 664 g/mol. The van der Waals surface area contributed by atoms with Crippen LogP contribution in [0.15, 0.2) is 75.9 Å². The molecule has 0 saturated carbocycles. The summed E-state index contributed by atoms with van der Waals surface area (Å²) >= 11 is 7.82. The Labute approximate surface area is 259 Å². The molecule has 1 aliphatic heterocycles. The van der Waals surface area contributed by atoms with Crippen LogP contribution in [0.3, 0.4) is 0 Å². The highest BCUT2D eigenvalue weighted by atomic mass is 35.5. The second-order valence-electron chi connectivity index (χ2n) is 9.90. The van der Waals surface area contributed by atoms with Gasteiger partial charge in [-0.1, -0.05) is 24.6 Å². The van der Waals surface area contributed by atoms with E-state index in [1.54, 1.807) is 40.5 Å². The zero-order valence-electron chi connectivity index (χ0n) is 23.1. The van der Waals surface area contributed by atoms with Crippen molar-refractivity contribution in [2.24, 2.45) is 0 Å². The zero-order chi connectivity index (χ0) is 30.8. The van der Waals surface area contributed by atoms with Gasteiger partial charge in [-0.25, -0.2) is 16.8 Å². The molecule has 0 bridgehead atoms. The molecule has 0 fully saturated rings. The molecule has 0 aliphatic carbocycles. The minimum absolute atomic E-state index is 0.0857. The van der Waals surface area contributed by atoms with Crippen molar-refractivity contribution in [1.82, 2.24) is 0 Å². The quantitative estimate of drug-likeness (QED) is 0.142. The van der Waals surface area contributed by atoms with Crippen LogP contribution in [-0.4, -0.2) is 44.0 Å². The van der Waals surface area contributed by atoms with Gasteiger partial charge in [0.1, 0.15) is 0 Å². The molecule has 0 radical (unpaired) electrons. The summed E-state index contributed by atoms with van der Waals surface area (Å²) in [5, 5.41) is 2.46. The third-order valence-corrected chi connectivity index (χ3v) is 9.54. The lowest BCUT2D eigenvalue weighted by atomic mass is 10.1. The van der Waals surface area contributed by atoms with Crippen molar-refractivity contribution in [2.75, 3.05) is 23.0 Å². The van der Waals surface area contributed by atoms with Crippen LogP contribution in [0.5, 0.6) is 5.75 Å². The van der Waals surface area contributed by atoms with E-state index in [0.717, 1.165) is 21.5 Å². The van der Waals surface area contributed by atoms with Gasteiger partial charge in [0, 0.05) is 46.5 Å². The summed E-state index contributed by atoms with van der Waals surface area (Å²) in [6.45, 7) is 2.39. The van der Waals surface area contributed by atoms with Crippen molar-refractivity contribution >= 4 is 66.0 Å². The molecule has 2 aromatic carbocycles. The van der Waals surface area contributed by atoms with E-state index in [0.29, 0.717) is 40.2 Å². The topological polar surface area (TPSA) is 144 Å². The number of allylic oxidation sites excluding steroid dienone is 2. The lowest BCUT2D eigenvalue weighted by Gasteiger charge is -2.19. The van der Waals surface area contributed by atoms with Gasteiger partial charge in [0.2, 0.25) is 11.5 Å². The summed E-state index contributed by atoms with van der Waals surface area (Å²) in [7, 11) is -8.77. The number of halogens is 1. The molecule has 10 nitrogen and oxygen atoms in total. The second-order valence-corrected chi connectivity index (χ2v) is 14.3. The van der Waals surface area contributed by atoms with Gasteiger partial charge in [0.25, 0.3) is 5.52 Å². The maximum absolute atomic E-state index is 11.3. The predicted molar refractivity (Wildman–Crippen MR) is 164 cm³/mol. The van der Waals surface area contributed by atoms with E-state index in [1.807, 2.05) is 53.3 Å². The molecule has 2 aromatic heterocycles. The fraction of sp³-hybridized carbons (Fsp3) is 0.276. The van der Waals surface area contributed by atoms with Gasteiger partial charge in [-0.3, -0.25) is 0 Å². The number of ether oxygens (including phenoxy) is 1. The van der Waals surface area contributed by atoms with E-state index in [2.05, 4.69) is 0 Å². The van der Waals surface area contributed by atoms with Crippen molar-refractivity contribution < 1.29 is 39.7 Å². The number of thiophene rings is 1. The maximum atomic E-state index is 11.3. The van der Waals surface area contributed by atoms with E-state index in [-0.39, 0.29) is 25.9 Å². The van der Waals surface area contributed by atoms with Crippen LogP contribution < -0.4 is 14.2 Å². The molecule has 0 unspecified atom stereocenters. The maximum Gasteiger partial charge on any atom is 0.374 e. The van der Waals surface area contributed by atoms with Crippen LogP contribution in [0.2, 0.25) is 5.02 Å². The molecule has 5 rings (SSSR count). The highest BCUT2D eigenvalue weighted by molar-refractivity contribution is 7.85. The molecule has 1 aliphatic rings. The number of anilines is 1. The molecule has 0 N–H and O–H groups in total. The summed E-state index contributed by atoms with van der Waals surface area (Å²) in [5.74, 6) is 0.393. The third kappa shape index (κ3) is 7.85. The lowest BCUT2D eigenvalue weighted by Crippen LogP contribution is -2.36. The molecule has 0 amide bonds. The van der Waals surface area contributed by atoms with Gasteiger partial charge in [0.15, 0.2) is 12.3 Å². The number of aromatic nitrogens is 1. The number of nitrogens with zero attached hydrogens (tertiary/aromatic N) is 2. The SMILES string of the molecule is CCC(/C=C1\Oc2ccc(Cl)cc2N1CCCS(=O)(=O)[O-])=C\c1oc2ccc(-c3cccs3)cc2[n+]1CCCS(=O)(=O)[O-]. The van der Waals surface area contributed by atoms with Gasteiger partial charge in [-0.05, 0) is 65.8 Å². The Kier molecular flexibility index (Phi) is 9.30. The highest BCUT2D eigenvalue weighted by Crippen LogP contribution is 2.41. The first-order valence-electron chi connectivity index (χ1n) is 13.4. The number of hydrogen-bond acceptors (Lipinski definition) is 10. The van der Waals surface area contributed by atoms with E-state index in [4.69, 9.17) is 20.8 Å². The standard InChI is InChI=1S/C29H29ClN2O8S3/c1-2-20(17-29-32(12-5-15-43(36,37)38)24-19-22(30)8-10-26(24)40-29)16-28-31(11-4-14-42(33,34)35)23-18-21(7-9-25(23)39-28)27-6-3-13-41-27/h3,6-10,13,16-19H,2,4-5,11-12,14-15H2,1H3,(H-,33,34,35,36,37,38)/p-1. The average Bonchev–Trinajstić information content (AvgIpc) is 3.65. The van der Waals surface area contributed by atoms with Crippen molar-refractivity contribution in [3.8, 4) is 16.2 Å². The fourth-order valence-corrected chi connectivity index (χ4v) is 6.66. The highest BCUT2D eigenvalue weighted by Gasteiger charge is 2.28. The normalized spacial score (nSPS) is 14.9. The summed E-state index contributed by atoms with van der Waals surface area (Å²) in [6, 6.07) is 14.9. The molecule has 3 heterocycles. The number of hydrogen-bond donors (Lipinski definition) is 0. The number of aryl methyl sites for hydroxylation is 1. The Morgan fingerprint density at radius 1 is 1.05 bits per heavy atom. The number of oxazole rings is 1. The van der Waals surface area contributed by atoms with E-state index in [9.17, 15) is 25.9 Å².